The van der Waals surface area contributed by atoms with E-state index in [0.29, 0.717) is 23.3 Å². The van der Waals surface area contributed by atoms with Crippen LogP contribution in [0.5, 0.6) is 0 Å². The Kier molecular flexibility index (Phi) is 4.78. The predicted molar refractivity (Wildman–Crippen MR) is 104 cm³/mol. The Morgan fingerprint density at radius 2 is 1.75 bits per heavy atom. The molecule has 1 saturated carbocycles. The largest absolute Gasteiger partial charge is 0.461 e. The fourth-order valence-electron chi connectivity index (χ4n) is 3.67. The molecule has 0 radical (unpaired) electrons. The minimum atomic E-state index is 0.405. The van der Waals surface area contributed by atoms with Crippen molar-refractivity contribution < 1.29 is 13.4 Å². The quantitative estimate of drug-likeness (QED) is 0.393. The third kappa shape index (κ3) is 3.40. The van der Waals surface area contributed by atoms with Crippen LogP contribution in [0.1, 0.15) is 43.8 Å². The fourth-order valence-corrected chi connectivity index (χ4v) is 4.56. The van der Waals surface area contributed by atoms with Crippen molar-refractivity contribution >= 4 is 11.8 Å². The van der Waals surface area contributed by atoms with Gasteiger partial charge in [0.25, 0.3) is 0 Å². The molecule has 0 amide bonds. The number of aromatic nitrogens is 4. The van der Waals surface area contributed by atoms with Crippen LogP contribution in [-0.4, -0.2) is 19.9 Å². The summed E-state index contributed by atoms with van der Waals surface area (Å²) >= 11 is 1.62. The van der Waals surface area contributed by atoms with E-state index < -0.39 is 0 Å². The van der Waals surface area contributed by atoms with E-state index in [-0.39, 0.29) is 0 Å². The number of nitrogens with zero attached hydrogens (tertiary/aromatic N) is 4. The Morgan fingerprint density at radius 3 is 2.50 bits per heavy atom. The van der Waals surface area contributed by atoms with Crippen LogP contribution in [0.2, 0.25) is 0 Å². The third-order valence-corrected chi connectivity index (χ3v) is 5.99. The van der Waals surface area contributed by atoms with E-state index in [1.54, 1.807) is 24.3 Å². The molecule has 28 heavy (non-hydrogen) atoms. The van der Waals surface area contributed by atoms with Crippen LogP contribution < -0.4 is 0 Å². The number of furan rings is 2. The van der Waals surface area contributed by atoms with Crippen molar-refractivity contribution in [1.29, 1.82) is 0 Å². The summed E-state index contributed by atoms with van der Waals surface area (Å²) in [6.07, 6.45) is 9.35. The summed E-state index contributed by atoms with van der Waals surface area (Å²) in [4.78, 5) is 0. The molecule has 0 saturated heterocycles. The molecule has 4 aromatic rings. The Balaban J connectivity index is 1.39. The molecule has 0 bridgehead atoms. The lowest BCUT2D eigenvalue weighted by molar-refractivity contribution is 0.337. The molecule has 0 atom stereocenters. The highest BCUT2D eigenvalue weighted by molar-refractivity contribution is 7.98. The summed E-state index contributed by atoms with van der Waals surface area (Å²) in [6, 6.07) is 9.81. The summed E-state index contributed by atoms with van der Waals surface area (Å²) < 4.78 is 18.6. The second-order valence-electron chi connectivity index (χ2n) is 6.89. The van der Waals surface area contributed by atoms with Crippen LogP contribution in [-0.2, 0) is 5.75 Å². The molecule has 5 rings (SSSR count). The Morgan fingerprint density at radius 1 is 0.964 bits per heavy atom. The maximum atomic E-state index is 5.60. The zero-order chi connectivity index (χ0) is 18.8. The Labute approximate surface area is 166 Å². The van der Waals surface area contributed by atoms with Crippen LogP contribution in [0.3, 0.4) is 0 Å². The van der Waals surface area contributed by atoms with E-state index in [4.69, 9.17) is 13.4 Å². The van der Waals surface area contributed by atoms with Gasteiger partial charge in [-0.25, -0.2) is 0 Å². The van der Waals surface area contributed by atoms with Gasteiger partial charge in [-0.2, -0.15) is 0 Å². The standard InChI is InChI=1S/C20H20N4O3S/c1-2-6-15(7-3-1)24-19(17-9-5-11-26-17)21-22-20(24)28-13-14-12-18(27-23-14)16-8-4-10-25-16/h4-5,8-12,15H,1-3,6-7,13H2. The fraction of sp³-hybridized carbons (Fsp3) is 0.350. The first-order valence-corrected chi connectivity index (χ1v) is 10.5. The molecule has 0 aliphatic heterocycles. The molecule has 1 fully saturated rings. The van der Waals surface area contributed by atoms with Gasteiger partial charge in [0.15, 0.2) is 16.7 Å². The molecule has 1 aliphatic carbocycles. The Hall–Kier alpha value is -2.74. The number of hydrogen-bond acceptors (Lipinski definition) is 7. The van der Waals surface area contributed by atoms with Crippen LogP contribution in [0.15, 0.2) is 61.4 Å². The van der Waals surface area contributed by atoms with E-state index in [1.807, 2.05) is 30.3 Å². The monoisotopic (exact) mass is 396 g/mol. The zero-order valence-corrected chi connectivity index (χ0v) is 16.1. The Bertz CT molecular complexity index is 1010. The van der Waals surface area contributed by atoms with Crippen molar-refractivity contribution in [2.24, 2.45) is 0 Å². The predicted octanol–water partition coefficient (Wildman–Crippen LogP) is 5.58. The van der Waals surface area contributed by atoms with Gasteiger partial charge in [0.2, 0.25) is 11.6 Å². The van der Waals surface area contributed by atoms with Crippen molar-refractivity contribution in [1.82, 2.24) is 19.9 Å². The lowest BCUT2D eigenvalue weighted by Gasteiger charge is -2.25. The molecule has 7 nitrogen and oxygen atoms in total. The summed E-state index contributed by atoms with van der Waals surface area (Å²) in [5.74, 6) is 3.51. The molecule has 0 spiro atoms. The van der Waals surface area contributed by atoms with Gasteiger partial charge in [-0.1, -0.05) is 36.2 Å². The highest BCUT2D eigenvalue weighted by atomic mass is 32.2. The first-order chi connectivity index (χ1) is 13.9. The van der Waals surface area contributed by atoms with E-state index >= 15 is 0 Å². The summed E-state index contributed by atoms with van der Waals surface area (Å²) in [7, 11) is 0. The molecule has 0 aromatic carbocycles. The molecule has 1 aliphatic rings. The third-order valence-electron chi connectivity index (χ3n) is 5.02. The van der Waals surface area contributed by atoms with Crippen molar-refractivity contribution in [3.8, 4) is 23.1 Å². The first kappa shape index (κ1) is 17.4. The average molecular weight is 396 g/mol. The van der Waals surface area contributed by atoms with Crippen molar-refractivity contribution in [2.75, 3.05) is 0 Å². The lowest BCUT2D eigenvalue weighted by Crippen LogP contribution is -2.15. The molecular formula is C20H20N4O3S. The van der Waals surface area contributed by atoms with Gasteiger partial charge in [-0.3, -0.25) is 4.57 Å². The SMILES string of the molecule is c1coc(-c2cc(CSc3nnc(-c4ccco4)n3C3CCCCC3)no2)c1. The molecule has 144 valence electrons. The summed E-state index contributed by atoms with van der Waals surface area (Å²) in [5, 5.41) is 13.9. The number of hydrogen-bond donors (Lipinski definition) is 0. The molecule has 0 N–H and O–H groups in total. The van der Waals surface area contributed by atoms with Gasteiger partial charge in [-0.05, 0) is 37.1 Å². The van der Waals surface area contributed by atoms with Crippen molar-refractivity contribution in [3.05, 3.63) is 48.6 Å². The molecule has 0 unspecified atom stereocenters. The van der Waals surface area contributed by atoms with Gasteiger partial charge in [-0.15, -0.1) is 10.2 Å². The molecule has 4 aromatic heterocycles. The van der Waals surface area contributed by atoms with Crippen molar-refractivity contribution in [2.45, 2.75) is 49.1 Å². The van der Waals surface area contributed by atoms with Gasteiger partial charge in [0.1, 0.15) is 0 Å². The normalized spacial score (nSPS) is 15.3. The topological polar surface area (TPSA) is 83.0 Å². The second kappa shape index (κ2) is 7.71. The van der Waals surface area contributed by atoms with Crippen LogP contribution in [0.25, 0.3) is 23.1 Å². The minimum Gasteiger partial charge on any atom is -0.461 e. The number of rotatable bonds is 6. The van der Waals surface area contributed by atoms with Gasteiger partial charge in [0, 0.05) is 17.9 Å². The van der Waals surface area contributed by atoms with Gasteiger partial charge < -0.3 is 13.4 Å². The molecule has 4 heterocycles. The first-order valence-electron chi connectivity index (χ1n) is 9.49. The highest BCUT2D eigenvalue weighted by Gasteiger charge is 2.25. The highest BCUT2D eigenvalue weighted by Crippen LogP contribution is 2.36. The van der Waals surface area contributed by atoms with E-state index in [2.05, 4.69) is 19.9 Å². The number of thioether (sulfide) groups is 1. The smallest absolute Gasteiger partial charge is 0.202 e. The summed E-state index contributed by atoms with van der Waals surface area (Å²) in [5.41, 5.74) is 0.842. The van der Waals surface area contributed by atoms with Gasteiger partial charge in [0.05, 0.1) is 18.2 Å². The van der Waals surface area contributed by atoms with Gasteiger partial charge >= 0.3 is 0 Å². The molecular weight excluding hydrogens is 376 g/mol. The summed E-state index contributed by atoms with van der Waals surface area (Å²) in [6.45, 7) is 0. The van der Waals surface area contributed by atoms with E-state index in [0.717, 1.165) is 35.3 Å². The van der Waals surface area contributed by atoms with Crippen LogP contribution >= 0.6 is 11.8 Å². The maximum absolute atomic E-state index is 5.60. The van der Waals surface area contributed by atoms with Crippen molar-refractivity contribution in [3.63, 3.8) is 0 Å². The molecule has 8 heteroatoms. The van der Waals surface area contributed by atoms with E-state index in [1.165, 1.54) is 19.3 Å². The average Bonchev–Trinajstić information content (AvgIpc) is 3.53. The lowest BCUT2D eigenvalue weighted by atomic mass is 9.95. The minimum absolute atomic E-state index is 0.405. The maximum Gasteiger partial charge on any atom is 0.202 e. The zero-order valence-electron chi connectivity index (χ0n) is 15.3. The van der Waals surface area contributed by atoms with E-state index in [9.17, 15) is 0 Å². The van der Waals surface area contributed by atoms with Crippen LogP contribution in [0.4, 0.5) is 0 Å². The van der Waals surface area contributed by atoms with Crippen LogP contribution in [0, 0.1) is 0 Å². The second-order valence-corrected chi connectivity index (χ2v) is 7.84.